The lowest BCUT2D eigenvalue weighted by Crippen LogP contribution is -2.50. The first-order valence-corrected chi connectivity index (χ1v) is 8.01. The number of nitrogens with zero attached hydrogens (tertiary/aromatic N) is 3. The van der Waals surface area contributed by atoms with Gasteiger partial charge in [0.1, 0.15) is 11.4 Å². The number of fused-ring (bicyclic) bond motifs is 1. The Hall–Kier alpha value is -2.24. The highest BCUT2D eigenvalue weighted by atomic mass is 16.6. The highest BCUT2D eigenvalue weighted by Gasteiger charge is 2.26. The second-order valence-corrected chi connectivity index (χ2v) is 6.98. The first-order valence-electron chi connectivity index (χ1n) is 8.01. The number of benzene rings is 1. The fraction of sp³-hybridized carbons (Fsp3) is 0.529. The van der Waals surface area contributed by atoms with Crippen molar-refractivity contribution >= 4 is 22.8 Å². The number of aromatic nitrogens is 2. The number of carbonyl (C=O) groups excluding carboxylic acids is 1. The predicted octanol–water partition coefficient (Wildman–Crippen LogP) is 2.93. The molecule has 1 saturated heterocycles. The molecule has 2 heterocycles. The summed E-state index contributed by atoms with van der Waals surface area (Å²) in [5.74, 6) is 0.923. The van der Waals surface area contributed by atoms with E-state index in [4.69, 9.17) is 4.74 Å². The monoisotopic (exact) mass is 316 g/mol. The van der Waals surface area contributed by atoms with Crippen molar-refractivity contribution < 1.29 is 9.53 Å². The zero-order chi connectivity index (χ0) is 16.6. The molecule has 6 nitrogen and oxygen atoms in total. The van der Waals surface area contributed by atoms with E-state index in [2.05, 4.69) is 27.0 Å². The van der Waals surface area contributed by atoms with Crippen molar-refractivity contribution in [2.24, 2.45) is 0 Å². The minimum absolute atomic E-state index is 0.225. The number of rotatable bonds is 1. The van der Waals surface area contributed by atoms with Crippen LogP contribution >= 0.6 is 0 Å². The quantitative estimate of drug-likeness (QED) is 0.879. The summed E-state index contributed by atoms with van der Waals surface area (Å²) < 4.78 is 5.43. The van der Waals surface area contributed by atoms with Gasteiger partial charge in [-0.3, -0.25) is 0 Å². The summed E-state index contributed by atoms with van der Waals surface area (Å²) in [6.45, 7) is 10.6. The maximum atomic E-state index is 12.1. The van der Waals surface area contributed by atoms with E-state index in [1.165, 1.54) is 0 Å². The van der Waals surface area contributed by atoms with Crippen molar-refractivity contribution in [2.45, 2.75) is 33.3 Å². The van der Waals surface area contributed by atoms with Gasteiger partial charge in [-0.25, -0.2) is 9.78 Å². The van der Waals surface area contributed by atoms with E-state index in [1.807, 2.05) is 33.8 Å². The highest BCUT2D eigenvalue weighted by molar-refractivity contribution is 5.79. The fourth-order valence-corrected chi connectivity index (χ4v) is 2.80. The smallest absolute Gasteiger partial charge is 0.410 e. The van der Waals surface area contributed by atoms with Crippen LogP contribution in [0.4, 0.5) is 10.5 Å². The summed E-state index contributed by atoms with van der Waals surface area (Å²) >= 11 is 0. The van der Waals surface area contributed by atoms with Crippen molar-refractivity contribution in [1.82, 2.24) is 14.9 Å². The minimum Gasteiger partial charge on any atom is -0.444 e. The lowest BCUT2D eigenvalue weighted by atomic mass is 10.2. The van der Waals surface area contributed by atoms with Gasteiger partial charge in [-0.2, -0.15) is 0 Å². The van der Waals surface area contributed by atoms with Crippen LogP contribution in [-0.2, 0) is 4.74 Å². The van der Waals surface area contributed by atoms with Crippen LogP contribution in [0.25, 0.3) is 11.0 Å². The number of carbonyl (C=O) groups is 1. The van der Waals surface area contributed by atoms with E-state index in [1.54, 1.807) is 4.90 Å². The second kappa shape index (κ2) is 5.76. The number of hydrogen-bond acceptors (Lipinski definition) is 4. The fourth-order valence-electron chi connectivity index (χ4n) is 2.80. The molecular weight excluding hydrogens is 292 g/mol. The molecule has 6 heteroatoms. The van der Waals surface area contributed by atoms with Crippen LogP contribution < -0.4 is 4.90 Å². The third-order valence-corrected chi connectivity index (χ3v) is 3.88. The molecule has 0 atom stereocenters. The van der Waals surface area contributed by atoms with Crippen LogP contribution in [0.15, 0.2) is 18.2 Å². The zero-order valence-electron chi connectivity index (χ0n) is 14.2. The third-order valence-electron chi connectivity index (χ3n) is 3.88. The summed E-state index contributed by atoms with van der Waals surface area (Å²) in [5.41, 5.74) is 2.75. The normalized spacial score (nSPS) is 16.0. The highest BCUT2D eigenvalue weighted by Crippen LogP contribution is 2.22. The average Bonchev–Trinajstić information content (AvgIpc) is 2.84. The van der Waals surface area contributed by atoms with Gasteiger partial charge in [-0.1, -0.05) is 0 Å². The first kappa shape index (κ1) is 15.6. The summed E-state index contributed by atoms with van der Waals surface area (Å²) in [6.07, 6.45) is -0.225. The Morgan fingerprint density at radius 2 is 1.91 bits per heavy atom. The van der Waals surface area contributed by atoms with Crippen molar-refractivity contribution in [1.29, 1.82) is 0 Å². The molecule has 1 N–H and O–H groups in total. The summed E-state index contributed by atoms with van der Waals surface area (Å²) in [7, 11) is 0. The second-order valence-electron chi connectivity index (χ2n) is 6.98. The number of aromatic amines is 1. The third kappa shape index (κ3) is 3.57. The largest absolute Gasteiger partial charge is 0.444 e. The molecule has 1 aromatic heterocycles. The average molecular weight is 316 g/mol. The topological polar surface area (TPSA) is 61.5 Å². The van der Waals surface area contributed by atoms with E-state index in [9.17, 15) is 4.79 Å². The van der Waals surface area contributed by atoms with Crippen LogP contribution in [0, 0.1) is 6.92 Å². The number of ether oxygens (including phenoxy) is 1. The van der Waals surface area contributed by atoms with Gasteiger partial charge in [-0.05, 0) is 45.9 Å². The Morgan fingerprint density at radius 1 is 1.22 bits per heavy atom. The number of imidazole rings is 1. The molecule has 1 aliphatic heterocycles. The molecule has 1 fully saturated rings. The minimum atomic E-state index is -0.447. The van der Waals surface area contributed by atoms with Gasteiger partial charge in [-0.15, -0.1) is 0 Å². The number of nitrogens with one attached hydrogen (secondary N) is 1. The summed E-state index contributed by atoms with van der Waals surface area (Å²) in [4.78, 5) is 23.9. The molecule has 0 spiro atoms. The van der Waals surface area contributed by atoms with Gasteiger partial charge in [0.2, 0.25) is 0 Å². The predicted molar refractivity (Wildman–Crippen MR) is 90.9 cm³/mol. The molecule has 23 heavy (non-hydrogen) atoms. The van der Waals surface area contributed by atoms with E-state index in [-0.39, 0.29) is 6.09 Å². The van der Waals surface area contributed by atoms with Crippen LogP contribution in [0.2, 0.25) is 0 Å². The van der Waals surface area contributed by atoms with Crippen molar-refractivity contribution in [3.63, 3.8) is 0 Å². The number of aryl methyl sites for hydroxylation is 1. The maximum absolute atomic E-state index is 12.1. The lowest BCUT2D eigenvalue weighted by Gasteiger charge is -2.36. The zero-order valence-corrected chi connectivity index (χ0v) is 14.2. The van der Waals surface area contributed by atoms with E-state index in [0.29, 0.717) is 13.1 Å². The lowest BCUT2D eigenvalue weighted by molar-refractivity contribution is 0.0240. The summed E-state index contributed by atoms with van der Waals surface area (Å²) in [6, 6.07) is 6.25. The van der Waals surface area contributed by atoms with Crippen molar-refractivity contribution in [3.05, 3.63) is 24.0 Å². The SMILES string of the molecule is Cc1nc2ccc(N3CCN(C(=O)OC(C)(C)C)CC3)cc2[nH]1. The van der Waals surface area contributed by atoms with Gasteiger partial charge in [0.05, 0.1) is 11.0 Å². The molecule has 1 amide bonds. The van der Waals surface area contributed by atoms with Crippen molar-refractivity contribution in [2.75, 3.05) is 31.1 Å². The summed E-state index contributed by atoms with van der Waals surface area (Å²) in [5, 5.41) is 0. The van der Waals surface area contributed by atoms with Crippen LogP contribution in [0.3, 0.4) is 0 Å². The Morgan fingerprint density at radius 3 is 2.57 bits per heavy atom. The first-order chi connectivity index (χ1) is 10.8. The number of amides is 1. The molecule has 0 bridgehead atoms. The van der Waals surface area contributed by atoms with Gasteiger partial charge in [0.25, 0.3) is 0 Å². The number of H-pyrrole nitrogens is 1. The van der Waals surface area contributed by atoms with E-state index < -0.39 is 5.60 Å². The Kier molecular flexibility index (Phi) is 3.92. The van der Waals surface area contributed by atoms with Crippen LogP contribution in [0.5, 0.6) is 0 Å². The Bertz CT molecular complexity index is 709. The van der Waals surface area contributed by atoms with Crippen LogP contribution in [-0.4, -0.2) is 52.7 Å². The van der Waals surface area contributed by atoms with E-state index >= 15 is 0 Å². The molecule has 124 valence electrons. The number of piperazine rings is 1. The molecule has 0 aliphatic carbocycles. The Balaban J connectivity index is 1.64. The standard InChI is InChI=1S/C17H24N4O2/c1-12-18-14-6-5-13(11-15(14)19-12)20-7-9-21(10-8-20)16(22)23-17(2,3)4/h5-6,11H,7-10H2,1-4H3,(H,18,19). The number of anilines is 1. The van der Waals surface area contributed by atoms with Crippen LogP contribution in [0.1, 0.15) is 26.6 Å². The molecular formula is C17H24N4O2. The molecule has 3 rings (SSSR count). The molecule has 1 aliphatic rings. The number of hydrogen-bond donors (Lipinski definition) is 1. The molecule has 0 saturated carbocycles. The van der Waals surface area contributed by atoms with E-state index in [0.717, 1.165) is 35.6 Å². The Labute approximate surface area is 136 Å². The molecule has 2 aromatic rings. The molecule has 1 aromatic carbocycles. The maximum Gasteiger partial charge on any atom is 0.410 e. The van der Waals surface area contributed by atoms with Gasteiger partial charge in [0, 0.05) is 31.9 Å². The molecule has 0 unspecified atom stereocenters. The van der Waals surface area contributed by atoms with Crippen molar-refractivity contribution in [3.8, 4) is 0 Å². The molecule has 0 radical (unpaired) electrons. The van der Waals surface area contributed by atoms with Gasteiger partial charge in [0.15, 0.2) is 0 Å². The van der Waals surface area contributed by atoms with Gasteiger partial charge >= 0.3 is 6.09 Å². The van der Waals surface area contributed by atoms with Gasteiger partial charge < -0.3 is 19.5 Å².